The van der Waals surface area contributed by atoms with Gasteiger partial charge in [0.2, 0.25) is 0 Å². The molecule has 0 aliphatic carbocycles. The topological polar surface area (TPSA) is 12.9 Å². The van der Waals surface area contributed by atoms with Crippen molar-refractivity contribution in [3.8, 4) is 11.3 Å². The predicted molar refractivity (Wildman–Crippen MR) is 64.1 cm³/mol. The van der Waals surface area contributed by atoms with E-state index in [-0.39, 0.29) is 0 Å². The first kappa shape index (κ1) is 9.74. The third-order valence-electron chi connectivity index (χ3n) is 2.00. The summed E-state index contributed by atoms with van der Waals surface area (Å²) in [4.78, 5) is 5.74. The van der Waals surface area contributed by atoms with Crippen LogP contribution in [0.4, 0.5) is 0 Å². The van der Waals surface area contributed by atoms with E-state index in [0.29, 0.717) is 0 Å². The molecule has 1 aromatic carbocycles. The smallest absolute Gasteiger partial charge is 0.0901 e. The third kappa shape index (κ3) is 1.99. The lowest BCUT2D eigenvalue weighted by Gasteiger charge is -1.98. The van der Waals surface area contributed by atoms with Crippen molar-refractivity contribution >= 4 is 23.1 Å². The van der Waals surface area contributed by atoms with Crippen LogP contribution in [-0.4, -0.2) is 11.2 Å². The molecule has 0 amide bonds. The Morgan fingerprint density at radius 1 is 1.21 bits per heavy atom. The molecule has 0 aliphatic heterocycles. The van der Waals surface area contributed by atoms with Crippen molar-refractivity contribution in [1.82, 2.24) is 4.98 Å². The highest BCUT2D eigenvalue weighted by molar-refractivity contribution is 7.98. The number of thioether (sulfide) groups is 1. The third-order valence-corrected chi connectivity index (χ3v) is 3.52. The van der Waals surface area contributed by atoms with Gasteiger partial charge in [0.05, 0.1) is 10.7 Å². The summed E-state index contributed by atoms with van der Waals surface area (Å²) in [6.45, 7) is 2.03. The minimum Gasteiger partial charge on any atom is -0.242 e. The average molecular weight is 221 g/mol. The summed E-state index contributed by atoms with van der Waals surface area (Å²) in [6, 6.07) is 8.52. The molecule has 0 saturated heterocycles. The normalized spacial score (nSPS) is 10.4. The maximum atomic E-state index is 4.45. The van der Waals surface area contributed by atoms with Gasteiger partial charge >= 0.3 is 0 Å². The lowest BCUT2D eigenvalue weighted by molar-refractivity contribution is 1.29. The number of hydrogen-bond donors (Lipinski definition) is 0. The second-order valence-corrected chi connectivity index (χ2v) is 4.92. The molecule has 2 aromatic rings. The van der Waals surface area contributed by atoms with Crippen LogP contribution in [0.25, 0.3) is 11.3 Å². The molecule has 0 bridgehead atoms. The van der Waals surface area contributed by atoms with Gasteiger partial charge in [-0.2, -0.15) is 0 Å². The van der Waals surface area contributed by atoms with Crippen molar-refractivity contribution in [1.29, 1.82) is 0 Å². The van der Waals surface area contributed by atoms with Crippen LogP contribution in [0.1, 0.15) is 5.01 Å². The molecule has 1 nitrogen and oxygen atoms in total. The largest absolute Gasteiger partial charge is 0.242 e. The fraction of sp³-hybridized carbons (Fsp3) is 0.182. The molecule has 1 aromatic heterocycles. The van der Waals surface area contributed by atoms with Gasteiger partial charge < -0.3 is 0 Å². The van der Waals surface area contributed by atoms with Gasteiger partial charge in [-0.05, 0) is 25.3 Å². The maximum Gasteiger partial charge on any atom is 0.0901 e. The molecule has 0 atom stereocenters. The van der Waals surface area contributed by atoms with Gasteiger partial charge in [-0.3, -0.25) is 0 Å². The van der Waals surface area contributed by atoms with Gasteiger partial charge in [0.15, 0.2) is 0 Å². The minimum atomic E-state index is 1.08. The number of benzene rings is 1. The molecule has 0 saturated carbocycles. The second-order valence-electron chi connectivity index (χ2n) is 2.98. The van der Waals surface area contributed by atoms with Gasteiger partial charge in [0.25, 0.3) is 0 Å². The first-order chi connectivity index (χ1) is 6.79. The first-order valence-electron chi connectivity index (χ1n) is 4.36. The minimum absolute atomic E-state index is 1.08. The number of aryl methyl sites for hydroxylation is 1. The molecule has 0 spiro atoms. The van der Waals surface area contributed by atoms with Gasteiger partial charge in [-0.15, -0.1) is 23.1 Å². The van der Waals surface area contributed by atoms with Crippen LogP contribution >= 0.6 is 23.1 Å². The molecule has 0 radical (unpaired) electrons. The van der Waals surface area contributed by atoms with E-state index in [1.807, 2.05) is 6.92 Å². The monoisotopic (exact) mass is 221 g/mol. The number of thiazole rings is 1. The van der Waals surface area contributed by atoms with Crippen molar-refractivity contribution in [3.05, 3.63) is 34.7 Å². The van der Waals surface area contributed by atoms with Crippen molar-refractivity contribution in [2.75, 3.05) is 6.26 Å². The van der Waals surface area contributed by atoms with E-state index in [4.69, 9.17) is 0 Å². The Labute approximate surface area is 92.2 Å². The van der Waals surface area contributed by atoms with Crippen LogP contribution < -0.4 is 0 Å². The highest BCUT2D eigenvalue weighted by Crippen LogP contribution is 2.24. The molecule has 14 heavy (non-hydrogen) atoms. The Bertz CT molecular complexity index is 417. The van der Waals surface area contributed by atoms with E-state index in [9.17, 15) is 0 Å². The molecule has 3 heteroatoms. The summed E-state index contributed by atoms with van der Waals surface area (Å²) in [7, 11) is 0. The maximum absolute atomic E-state index is 4.45. The summed E-state index contributed by atoms with van der Waals surface area (Å²) in [5.74, 6) is 0. The number of nitrogens with zero attached hydrogens (tertiary/aromatic N) is 1. The summed E-state index contributed by atoms with van der Waals surface area (Å²) < 4.78 is 0. The van der Waals surface area contributed by atoms with E-state index in [2.05, 4.69) is 40.9 Å². The summed E-state index contributed by atoms with van der Waals surface area (Å²) in [6.07, 6.45) is 2.09. The van der Waals surface area contributed by atoms with Crippen LogP contribution in [0.5, 0.6) is 0 Å². The summed E-state index contributed by atoms with van der Waals surface area (Å²) in [5.41, 5.74) is 2.28. The van der Waals surface area contributed by atoms with Crippen LogP contribution in [-0.2, 0) is 0 Å². The average Bonchev–Trinajstić information content (AvgIpc) is 2.65. The van der Waals surface area contributed by atoms with Crippen LogP contribution in [0, 0.1) is 6.92 Å². The van der Waals surface area contributed by atoms with Crippen molar-refractivity contribution in [3.63, 3.8) is 0 Å². The van der Waals surface area contributed by atoms with E-state index >= 15 is 0 Å². The second kappa shape index (κ2) is 4.15. The summed E-state index contributed by atoms with van der Waals surface area (Å²) in [5, 5.41) is 3.22. The molecule has 0 N–H and O–H groups in total. The van der Waals surface area contributed by atoms with Crippen molar-refractivity contribution in [2.45, 2.75) is 11.8 Å². The van der Waals surface area contributed by atoms with Gasteiger partial charge in [-0.25, -0.2) is 4.98 Å². The summed E-state index contributed by atoms with van der Waals surface area (Å²) >= 11 is 3.45. The van der Waals surface area contributed by atoms with E-state index in [1.54, 1.807) is 23.1 Å². The molecule has 2 rings (SSSR count). The van der Waals surface area contributed by atoms with E-state index in [1.165, 1.54) is 10.5 Å². The fourth-order valence-electron chi connectivity index (χ4n) is 1.26. The number of rotatable bonds is 2. The zero-order valence-electron chi connectivity index (χ0n) is 8.15. The predicted octanol–water partition coefficient (Wildman–Crippen LogP) is 3.84. The molecular weight excluding hydrogens is 210 g/mol. The standard InChI is InChI=1S/C11H11NS2/c1-8-12-11(7-14-8)9-3-5-10(13-2)6-4-9/h3-7H,1-2H3. The number of aromatic nitrogens is 1. The lowest BCUT2D eigenvalue weighted by Crippen LogP contribution is -1.78. The quantitative estimate of drug-likeness (QED) is 0.715. The van der Waals surface area contributed by atoms with Gasteiger partial charge in [0.1, 0.15) is 0 Å². The van der Waals surface area contributed by atoms with E-state index < -0.39 is 0 Å². The number of hydrogen-bond acceptors (Lipinski definition) is 3. The Morgan fingerprint density at radius 2 is 1.93 bits per heavy atom. The fourth-order valence-corrected chi connectivity index (χ4v) is 2.29. The molecule has 72 valence electrons. The molecular formula is C11H11NS2. The van der Waals surface area contributed by atoms with E-state index in [0.717, 1.165) is 10.7 Å². The Kier molecular flexibility index (Phi) is 2.89. The highest BCUT2D eigenvalue weighted by Gasteiger charge is 2.01. The van der Waals surface area contributed by atoms with Crippen LogP contribution in [0.2, 0.25) is 0 Å². The Morgan fingerprint density at radius 3 is 2.43 bits per heavy atom. The molecule has 0 aliphatic rings. The van der Waals surface area contributed by atoms with Gasteiger partial charge in [-0.1, -0.05) is 12.1 Å². The highest BCUT2D eigenvalue weighted by atomic mass is 32.2. The molecule has 1 heterocycles. The van der Waals surface area contributed by atoms with Crippen molar-refractivity contribution in [2.24, 2.45) is 0 Å². The van der Waals surface area contributed by atoms with Crippen LogP contribution in [0.15, 0.2) is 34.5 Å². The SMILES string of the molecule is CSc1ccc(-c2csc(C)n2)cc1. The lowest BCUT2D eigenvalue weighted by atomic mass is 10.2. The first-order valence-corrected chi connectivity index (χ1v) is 6.46. The molecule has 0 unspecified atom stereocenters. The Balaban J connectivity index is 2.33. The van der Waals surface area contributed by atoms with Gasteiger partial charge in [0, 0.05) is 15.8 Å². The zero-order valence-corrected chi connectivity index (χ0v) is 9.78. The zero-order chi connectivity index (χ0) is 9.97. The molecule has 0 fully saturated rings. The van der Waals surface area contributed by atoms with Crippen molar-refractivity contribution < 1.29 is 0 Å². The Hall–Kier alpha value is -0.800. The van der Waals surface area contributed by atoms with Crippen LogP contribution in [0.3, 0.4) is 0 Å².